The third-order valence-electron chi connectivity index (χ3n) is 6.61. The van der Waals surface area contributed by atoms with E-state index in [1.54, 1.807) is 0 Å². The summed E-state index contributed by atoms with van der Waals surface area (Å²) >= 11 is 0. The first-order valence-corrected chi connectivity index (χ1v) is 15.3. The lowest BCUT2D eigenvalue weighted by atomic mass is 10.2. The highest BCUT2D eigenvalue weighted by atomic mass is 19.2. The zero-order chi connectivity index (χ0) is 36.6. The first-order valence-electron chi connectivity index (χ1n) is 15.3. The van der Waals surface area contributed by atoms with E-state index in [-0.39, 0.29) is 29.9 Å². The number of esters is 4. The van der Waals surface area contributed by atoms with Crippen LogP contribution in [-0.2, 0) is 19.1 Å². The Bertz CT molecular complexity index is 1660. The maximum Gasteiger partial charge on any atom is 0.343 e. The quantitative estimate of drug-likeness (QED) is 0.0316. The van der Waals surface area contributed by atoms with Crippen LogP contribution in [0.2, 0.25) is 0 Å². The van der Waals surface area contributed by atoms with Gasteiger partial charge < -0.3 is 28.4 Å². The molecule has 10 nitrogen and oxygen atoms in total. The number of ether oxygens (including phenoxy) is 6. The van der Waals surface area contributed by atoms with Crippen molar-refractivity contribution in [1.82, 2.24) is 0 Å². The Labute approximate surface area is 285 Å². The molecule has 50 heavy (non-hydrogen) atoms. The van der Waals surface area contributed by atoms with Gasteiger partial charge in [0.05, 0.1) is 37.6 Å². The SMILES string of the molecule is C=CC(=O)OCCCCCCOc1ccc(C(=O)Oc2c(F)c(F)c(OC(=O)c3ccc(OCCCOC(=O)C(=C)C)cc3)c(F)c2F)cc1. The summed E-state index contributed by atoms with van der Waals surface area (Å²) in [5, 5.41) is 0. The number of halogens is 4. The minimum atomic E-state index is -2.10. The van der Waals surface area contributed by atoms with Gasteiger partial charge in [-0.3, -0.25) is 0 Å². The van der Waals surface area contributed by atoms with Crippen molar-refractivity contribution in [1.29, 1.82) is 0 Å². The van der Waals surface area contributed by atoms with E-state index in [1.165, 1.54) is 55.5 Å². The van der Waals surface area contributed by atoms with Crippen LogP contribution in [0.25, 0.3) is 0 Å². The molecule has 0 saturated heterocycles. The van der Waals surface area contributed by atoms with E-state index in [1.807, 2.05) is 0 Å². The van der Waals surface area contributed by atoms with Crippen molar-refractivity contribution in [3.05, 3.63) is 108 Å². The van der Waals surface area contributed by atoms with Crippen molar-refractivity contribution in [3.8, 4) is 23.0 Å². The maximum atomic E-state index is 14.8. The second-order valence-electron chi connectivity index (χ2n) is 10.5. The fourth-order valence-electron chi connectivity index (χ4n) is 3.96. The van der Waals surface area contributed by atoms with Crippen molar-refractivity contribution in [3.63, 3.8) is 0 Å². The highest BCUT2D eigenvalue weighted by Gasteiger charge is 2.31. The van der Waals surface area contributed by atoms with Gasteiger partial charge in [-0.2, -0.15) is 17.6 Å². The summed E-state index contributed by atoms with van der Waals surface area (Å²) in [6.45, 7) is 9.16. The molecule has 0 aliphatic rings. The molecule has 0 spiro atoms. The number of hydrogen-bond donors (Lipinski definition) is 0. The summed E-state index contributed by atoms with van der Waals surface area (Å²) in [5.41, 5.74) is -0.190. The zero-order valence-corrected chi connectivity index (χ0v) is 27.1. The largest absolute Gasteiger partial charge is 0.494 e. The highest BCUT2D eigenvalue weighted by Crippen LogP contribution is 2.35. The molecular formula is C36H34F4O10. The summed E-state index contributed by atoms with van der Waals surface area (Å²) in [6.07, 6.45) is 4.44. The molecular weight excluding hydrogens is 668 g/mol. The maximum absolute atomic E-state index is 14.8. The monoisotopic (exact) mass is 702 g/mol. The first-order chi connectivity index (χ1) is 23.9. The minimum Gasteiger partial charge on any atom is -0.494 e. The van der Waals surface area contributed by atoms with Gasteiger partial charge in [0, 0.05) is 18.1 Å². The Morgan fingerprint density at radius 1 is 0.600 bits per heavy atom. The van der Waals surface area contributed by atoms with Gasteiger partial charge in [0.1, 0.15) is 11.5 Å². The molecule has 0 N–H and O–H groups in total. The molecule has 0 atom stereocenters. The van der Waals surface area contributed by atoms with E-state index in [4.69, 9.17) is 18.9 Å². The second-order valence-corrected chi connectivity index (χ2v) is 10.5. The Balaban J connectivity index is 1.52. The standard InChI is InChI=1S/C36H34F4O10/c1-4-27(41)47-19-8-6-5-7-18-45-25-14-10-23(11-15-25)35(43)49-32-28(37)30(39)33(31(40)29(32)38)50-36(44)24-12-16-26(17-13-24)46-20-9-21-48-34(42)22(2)3/h4,10-17H,1-2,5-9,18-21H2,3H3. The second kappa shape index (κ2) is 19.4. The summed E-state index contributed by atoms with van der Waals surface area (Å²) in [7, 11) is 0. The molecule has 3 rings (SSSR count). The summed E-state index contributed by atoms with van der Waals surface area (Å²) < 4.78 is 89.2. The van der Waals surface area contributed by atoms with Crippen LogP contribution in [0.5, 0.6) is 23.0 Å². The van der Waals surface area contributed by atoms with Crippen molar-refractivity contribution < 1.29 is 65.2 Å². The van der Waals surface area contributed by atoms with Crippen LogP contribution in [0.1, 0.15) is 59.7 Å². The van der Waals surface area contributed by atoms with Crippen LogP contribution in [0.4, 0.5) is 17.6 Å². The zero-order valence-electron chi connectivity index (χ0n) is 27.1. The molecule has 0 unspecified atom stereocenters. The van der Waals surface area contributed by atoms with Gasteiger partial charge in [-0.05, 0) is 81.1 Å². The first kappa shape index (κ1) is 38.8. The van der Waals surface area contributed by atoms with Gasteiger partial charge in [0.25, 0.3) is 0 Å². The Morgan fingerprint density at radius 2 is 1.00 bits per heavy atom. The van der Waals surface area contributed by atoms with Gasteiger partial charge >= 0.3 is 23.9 Å². The highest BCUT2D eigenvalue weighted by molar-refractivity contribution is 5.92. The van der Waals surface area contributed by atoms with Crippen molar-refractivity contribution in [2.24, 2.45) is 0 Å². The lowest BCUT2D eigenvalue weighted by molar-refractivity contribution is -0.139. The topological polar surface area (TPSA) is 124 Å². The minimum absolute atomic E-state index is 0.0871. The van der Waals surface area contributed by atoms with Crippen LogP contribution >= 0.6 is 0 Å². The number of carbonyl (C=O) groups is 4. The summed E-state index contributed by atoms with van der Waals surface area (Å²) in [4.78, 5) is 47.4. The molecule has 0 radical (unpaired) electrons. The molecule has 0 fully saturated rings. The Kier molecular flexibility index (Phi) is 15.0. The van der Waals surface area contributed by atoms with Gasteiger partial charge in [-0.1, -0.05) is 13.2 Å². The summed E-state index contributed by atoms with van der Waals surface area (Å²) in [5.74, 6) is -14.8. The Hall–Kier alpha value is -5.66. The van der Waals surface area contributed by atoms with Crippen molar-refractivity contribution >= 4 is 23.9 Å². The molecule has 0 amide bonds. The van der Waals surface area contributed by atoms with Gasteiger partial charge in [-0.25, -0.2) is 19.2 Å². The van der Waals surface area contributed by atoms with E-state index in [2.05, 4.69) is 22.6 Å². The average molecular weight is 703 g/mol. The fraction of sp³-hybridized carbons (Fsp3) is 0.278. The third-order valence-corrected chi connectivity index (χ3v) is 6.61. The Morgan fingerprint density at radius 3 is 1.42 bits per heavy atom. The third kappa shape index (κ3) is 11.5. The normalized spacial score (nSPS) is 10.5. The van der Waals surface area contributed by atoms with Crippen molar-refractivity contribution in [2.45, 2.75) is 39.0 Å². The van der Waals surface area contributed by atoms with Crippen LogP contribution in [0, 0.1) is 23.3 Å². The van der Waals surface area contributed by atoms with E-state index in [9.17, 15) is 36.7 Å². The van der Waals surface area contributed by atoms with E-state index in [0.29, 0.717) is 44.0 Å². The lowest BCUT2D eigenvalue weighted by Crippen LogP contribution is -2.16. The van der Waals surface area contributed by atoms with E-state index in [0.717, 1.165) is 18.9 Å². The molecule has 0 aliphatic heterocycles. The van der Waals surface area contributed by atoms with Gasteiger partial charge in [0.2, 0.25) is 34.8 Å². The van der Waals surface area contributed by atoms with E-state index < -0.39 is 58.6 Å². The van der Waals surface area contributed by atoms with Crippen LogP contribution in [-0.4, -0.2) is 50.3 Å². The smallest absolute Gasteiger partial charge is 0.343 e. The van der Waals surface area contributed by atoms with Crippen LogP contribution in [0.15, 0.2) is 73.3 Å². The van der Waals surface area contributed by atoms with E-state index >= 15 is 0 Å². The molecule has 0 heterocycles. The average Bonchev–Trinajstić information content (AvgIpc) is 3.12. The molecule has 14 heteroatoms. The molecule has 0 bridgehead atoms. The molecule has 0 aliphatic carbocycles. The van der Waals surface area contributed by atoms with Crippen molar-refractivity contribution in [2.75, 3.05) is 26.4 Å². The number of unbranched alkanes of at least 4 members (excludes halogenated alkanes) is 3. The molecule has 0 aromatic heterocycles. The fourth-order valence-corrected chi connectivity index (χ4v) is 3.96. The molecule has 3 aromatic carbocycles. The number of benzene rings is 3. The predicted octanol–water partition coefficient (Wildman–Crippen LogP) is 7.24. The molecule has 3 aromatic rings. The molecule has 266 valence electrons. The van der Waals surface area contributed by atoms with Crippen LogP contribution < -0.4 is 18.9 Å². The summed E-state index contributed by atoms with van der Waals surface area (Å²) in [6, 6.07) is 10.3. The number of carbonyl (C=O) groups excluding carboxylic acids is 4. The lowest BCUT2D eigenvalue weighted by Gasteiger charge is -2.13. The number of hydrogen-bond acceptors (Lipinski definition) is 10. The van der Waals surface area contributed by atoms with Gasteiger partial charge in [0.15, 0.2) is 0 Å². The number of rotatable bonds is 19. The molecule has 0 saturated carbocycles. The van der Waals surface area contributed by atoms with Crippen LogP contribution in [0.3, 0.4) is 0 Å². The van der Waals surface area contributed by atoms with Gasteiger partial charge in [-0.15, -0.1) is 0 Å². The predicted molar refractivity (Wildman–Crippen MR) is 170 cm³/mol.